The Hall–Kier alpha value is -3.13. The Bertz CT molecular complexity index is 1180. The first kappa shape index (κ1) is 18.7. The molecule has 0 amide bonds. The lowest BCUT2D eigenvalue weighted by Gasteiger charge is -2.08. The van der Waals surface area contributed by atoms with Crippen LogP contribution in [-0.2, 0) is 26.9 Å². The highest BCUT2D eigenvalue weighted by Gasteiger charge is 2.13. The quantitative estimate of drug-likeness (QED) is 0.528. The van der Waals surface area contributed by atoms with Gasteiger partial charge in [-0.1, -0.05) is 12.1 Å². The molecular weight excluding hydrogens is 372 g/mol. The largest absolute Gasteiger partial charge is 0.508 e. The molecule has 0 bridgehead atoms. The molecule has 8 heteroatoms. The van der Waals surface area contributed by atoms with E-state index in [9.17, 15) is 23.1 Å². The van der Waals surface area contributed by atoms with Gasteiger partial charge >= 0.3 is 11.6 Å². The van der Waals surface area contributed by atoms with Gasteiger partial charge < -0.3 is 14.3 Å². The fraction of sp³-hybridized carbons (Fsp3) is 0.158. The molecule has 1 heterocycles. The number of aromatic hydroxyl groups is 1. The second-order valence-electron chi connectivity index (χ2n) is 6.12. The number of sulfone groups is 1. The number of carbonyl (C=O) groups excluding carboxylic acids is 1. The van der Waals surface area contributed by atoms with Crippen molar-refractivity contribution in [1.82, 2.24) is 0 Å². The lowest BCUT2D eigenvalue weighted by Crippen LogP contribution is -2.09. The Labute approximate surface area is 154 Å². The second-order valence-corrected chi connectivity index (χ2v) is 8.26. The number of carbonyl (C=O) groups is 1. The van der Waals surface area contributed by atoms with E-state index in [-0.39, 0.29) is 29.3 Å². The molecule has 0 aliphatic carbocycles. The average molecular weight is 388 g/mol. The number of rotatable bonds is 5. The normalized spacial score (nSPS) is 11.4. The van der Waals surface area contributed by atoms with Crippen molar-refractivity contribution in [1.29, 1.82) is 0 Å². The molecule has 0 saturated carbocycles. The lowest BCUT2D eigenvalue weighted by atomic mass is 10.1. The zero-order valence-corrected chi connectivity index (χ0v) is 15.2. The molecule has 0 saturated heterocycles. The fourth-order valence-corrected chi connectivity index (χ4v) is 3.44. The first-order valence-corrected chi connectivity index (χ1v) is 9.97. The van der Waals surface area contributed by atoms with Crippen LogP contribution in [0.3, 0.4) is 0 Å². The molecule has 0 unspecified atom stereocenters. The van der Waals surface area contributed by atoms with Gasteiger partial charge in [-0.3, -0.25) is 0 Å². The molecule has 3 rings (SSSR count). The van der Waals surface area contributed by atoms with Crippen molar-refractivity contribution >= 4 is 26.8 Å². The summed E-state index contributed by atoms with van der Waals surface area (Å²) in [5, 5.41) is 10.0. The van der Waals surface area contributed by atoms with Crippen LogP contribution in [0.15, 0.2) is 57.7 Å². The van der Waals surface area contributed by atoms with Gasteiger partial charge in [-0.25, -0.2) is 18.0 Å². The topological polar surface area (TPSA) is 111 Å². The van der Waals surface area contributed by atoms with Gasteiger partial charge in [0.15, 0.2) is 9.84 Å². The van der Waals surface area contributed by atoms with Crippen LogP contribution < -0.4 is 5.63 Å². The first-order chi connectivity index (χ1) is 12.7. The van der Waals surface area contributed by atoms with E-state index in [0.717, 1.165) is 6.26 Å². The van der Waals surface area contributed by atoms with Gasteiger partial charge in [-0.15, -0.1) is 0 Å². The maximum Gasteiger partial charge on any atom is 0.338 e. The lowest BCUT2D eigenvalue weighted by molar-refractivity contribution is 0.0473. The number of phenolic OH excluding ortho intramolecular Hbond substituents is 1. The summed E-state index contributed by atoms with van der Waals surface area (Å²) in [5.41, 5.74) is 0.675. The summed E-state index contributed by atoms with van der Waals surface area (Å²) in [7, 11) is -3.23. The summed E-state index contributed by atoms with van der Waals surface area (Å²) in [4.78, 5) is 24.0. The average Bonchev–Trinajstić information content (AvgIpc) is 2.57. The maximum absolute atomic E-state index is 12.3. The van der Waals surface area contributed by atoms with Gasteiger partial charge in [-0.05, 0) is 29.8 Å². The van der Waals surface area contributed by atoms with Crippen molar-refractivity contribution in [3.8, 4) is 5.75 Å². The molecule has 0 fully saturated rings. The monoisotopic (exact) mass is 388 g/mol. The van der Waals surface area contributed by atoms with Gasteiger partial charge in [0, 0.05) is 29.3 Å². The summed E-state index contributed by atoms with van der Waals surface area (Å²) in [5.74, 6) is -0.880. The standard InChI is InChI=1S/C19H16O7S/c1-27(23,24)11-12-3-2-4-13(7-12)19(22)25-10-14-8-18(21)26-17-9-15(20)5-6-16(14)17/h2-9,20H,10-11H2,1H3. The van der Waals surface area contributed by atoms with Crippen molar-refractivity contribution in [3.05, 3.63) is 75.6 Å². The van der Waals surface area contributed by atoms with Crippen molar-refractivity contribution in [3.63, 3.8) is 0 Å². The molecule has 3 aromatic rings. The number of benzene rings is 2. The minimum absolute atomic E-state index is 0.0533. The van der Waals surface area contributed by atoms with E-state index in [4.69, 9.17) is 9.15 Å². The van der Waals surface area contributed by atoms with Gasteiger partial charge in [0.1, 0.15) is 17.9 Å². The summed E-state index contributed by atoms with van der Waals surface area (Å²) < 4.78 is 33.1. The molecule has 1 aromatic heterocycles. The number of fused-ring (bicyclic) bond motifs is 1. The van der Waals surface area contributed by atoms with Crippen LogP contribution in [0.4, 0.5) is 0 Å². The van der Waals surface area contributed by atoms with Crippen LogP contribution in [0, 0.1) is 0 Å². The third-order valence-electron chi connectivity index (χ3n) is 3.76. The van der Waals surface area contributed by atoms with E-state index in [1.54, 1.807) is 18.2 Å². The molecular formula is C19H16O7S. The molecule has 0 atom stereocenters. The van der Waals surface area contributed by atoms with Crippen LogP contribution in [-0.4, -0.2) is 25.7 Å². The van der Waals surface area contributed by atoms with Crippen molar-refractivity contribution in [2.24, 2.45) is 0 Å². The number of hydrogen-bond acceptors (Lipinski definition) is 7. The second kappa shape index (κ2) is 7.24. The number of phenols is 1. The summed E-state index contributed by atoms with van der Waals surface area (Å²) >= 11 is 0. The van der Waals surface area contributed by atoms with Crippen molar-refractivity contribution in [2.75, 3.05) is 6.26 Å². The summed E-state index contributed by atoms with van der Waals surface area (Å²) in [6, 6.07) is 11.7. The number of hydrogen-bond donors (Lipinski definition) is 1. The SMILES string of the molecule is CS(=O)(=O)Cc1cccc(C(=O)OCc2cc(=O)oc3cc(O)ccc23)c1. The molecule has 2 aromatic carbocycles. The maximum atomic E-state index is 12.3. The molecule has 0 aliphatic rings. The smallest absolute Gasteiger partial charge is 0.338 e. The Kier molecular flexibility index (Phi) is 5.00. The zero-order valence-electron chi connectivity index (χ0n) is 14.3. The zero-order chi connectivity index (χ0) is 19.6. The first-order valence-electron chi connectivity index (χ1n) is 7.91. The predicted molar refractivity (Wildman–Crippen MR) is 98.3 cm³/mol. The van der Waals surface area contributed by atoms with Gasteiger partial charge in [0.05, 0.1) is 11.3 Å². The number of ether oxygens (including phenoxy) is 1. The summed E-state index contributed by atoms with van der Waals surface area (Å²) in [6.45, 7) is -0.179. The van der Waals surface area contributed by atoms with Crippen LogP contribution in [0.1, 0.15) is 21.5 Å². The van der Waals surface area contributed by atoms with Crippen molar-refractivity contribution < 1.29 is 27.5 Å². The van der Waals surface area contributed by atoms with E-state index in [0.29, 0.717) is 16.5 Å². The molecule has 0 spiro atoms. The van der Waals surface area contributed by atoms with E-state index < -0.39 is 21.4 Å². The highest BCUT2D eigenvalue weighted by molar-refractivity contribution is 7.89. The molecule has 27 heavy (non-hydrogen) atoms. The van der Waals surface area contributed by atoms with Gasteiger partial charge in [0.25, 0.3) is 0 Å². The van der Waals surface area contributed by atoms with E-state index in [1.165, 1.54) is 30.3 Å². The van der Waals surface area contributed by atoms with E-state index in [2.05, 4.69) is 0 Å². The van der Waals surface area contributed by atoms with Crippen molar-refractivity contribution in [2.45, 2.75) is 12.4 Å². The Morgan fingerprint density at radius 3 is 2.67 bits per heavy atom. The van der Waals surface area contributed by atoms with Crippen LogP contribution >= 0.6 is 0 Å². The van der Waals surface area contributed by atoms with Crippen LogP contribution in [0.2, 0.25) is 0 Å². The van der Waals surface area contributed by atoms with E-state index >= 15 is 0 Å². The minimum Gasteiger partial charge on any atom is -0.508 e. The molecule has 0 aliphatic heterocycles. The van der Waals surface area contributed by atoms with Crippen LogP contribution in [0.5, 0.6) is 5.75 Å². The minimum atomic E-state index is -3.23. The predicted octanol–water partition coefficient (Wildman–Crippen LogP) is 2.40. The van der Waals surface area contributed by atoms with Gasteiger partial charge in [0.2, 0.25) is 0 Å². The fourth-order valence-electron chi connectivity index (χ4n) is 2.66. The molecule has 0 radical (unpaired) electrons. The van der Waals surface area contributed by atoms with Crippen LogP contribution in [0.25, 0.3) is 11.0 Å². The highest BCUT2D eigenvalue weighted by atomic mass is 32.2. The third-order valence-corrected chi connectivity index (χ3v) is 4.62. The Morgan fingerprint density at radius 1 is 1.15 bits per heavy atom. The highest BCUT2D eigenvalue weighted by Crippen LogP contribution is 2.22. The summed E-state index contributed by atoms with van der Waals surface area (Å²) in [6.07, 6.45) is 1.11. The molecule has 1 N–H and O–H groups in total. The molecule has 140 valence electrons. The Morgan fingerprint density at radius 2 is 1.93 bits per heavy atom. The molecule has 7 nitrogen and oxygen atoms in total. The Balaban J connectivity index is 1.81. The number of esters is 1. The van der Waals surface area contributed by atoms with Gasteiger partial charge in [-0.2, -0.15) is 0 Å². The third kappa shape index (κ3) is 4.73. The van der Waals surface area contributed by atoms with E-state index in [1.807, 2.05) is 0 Å².